The predicted octanol–water partition coefficient (Wildman–Crippen LogP) is 0.266. The molecule has 2 aliphatic rings. The molecule has 3 atom stereocenters. The van der Waals surface area contributed by atoms with Gasteiger partial charge >= 0.3 is 5.69 Å². The molecule has 1 aromatic rings. The van der Waals surface area contributed by atoms with Gasteiger partial charge in [0, 0.05) is 18.7 Å². The lowest BCUT2D eigenvalue weighted by molar-refractivity contribution is -0.0920. The number of fused-ring (bicyclic) bond motifs is 2. The van der Waals surface area contributed by atoms with Crippen LogP contribution >= 0.6 is 0 Å². The van der Waals surface area contributed by atoms with Gasteiger partial charge in [-0.1, -0.05) is 6.92 Å². The van der Waals surface area contributed by atoms with Crippen molar-refractivity contribution in [2.75, 3.05) is 6.61 Å². The molecule has 1 saturated heterocycles. The number of nitrogens with one attached hydrogen (secondary N) is 1. The van der Waals surface area contributed by atoms with E-state index in [1.165, 1.54) is 10.6 Å². The Bertz CT molecular complexity index is 529. The van der Waals surface area contributed by atoms with Crippen LogP contribution in [0, 0.1) is 11.8 Å². The van der Waals surface area contributed by atoms with Gasteiger partial charge in [-0.3, -0.25) is 14.3 Å². The van der Waals surface area contributed by atoms with Gasteiger partial charge in [-0.15, -0.1) is 0 Å². The summed E-state index contributed by atoms with van der Waals surface area (Å²) in [6.07, 6.45) is 3.27. The van der Waals surface area contributed by atoms with Crippen LogP contribution in [0.4, 0.5) is 0 Å². The minimum Gasteiger partial charge on any atom is -0.355 e. The van der Waals surface area contributed by atoms with Gasteiger partial charge in [-0.2, -0.15) is 0 Å². The van der Waals surface area contributed by atoms with Gasteiger partial charge in [0.1, 0.15) is 5.72 Å². The first kappa shape index (κ1) is 9.84. The fraction of sp³-hybridized carbons (Fsp3) is 0.636. The summed E-state index contributed by atoms with van der Waals surface area (Å²) >= 11 is 0. The standard InChI is InChI=1S/C11H14N2O3/c1-7-4-11(5-8(7)6-16-11)13-3-2-9(14)12-10(13)15/h2-3,7-8H,4-6H2,1H3,(H,12,14,15). The van der Waals surface area contributed by atoms with Crippen LogP contribution in [0.1, 0.15) is 19.8 Å². The van der Waals surface area contributed by atoms with Crippen molar-refractivity contribution < 1.29 is 4.74 Å². The number of aromatic amines is 1. The summed E-state index contributed by atoms with van der Waals surface area (Å²) in [7, 11) is 0. The summed E-state index contributed by atoms with van der Waals surface area (Å²) in [6, 6.07) is 1.37. The van der Waals surface area contributed by atoms with Crippen molar-refractivity contribution in [2.24, 2.45) is 11.8 Å². The molecule has 5 heteroatoms. The highest BCUT2D eigenvalue weighted by molar-refractivity contribution is 4.99. The van der Waals surface area contributed by atoms with E-state index in [0.29, 0.717) is 18.4 Å². The Morgan fingerprint density at radius 2 is 2.31 bits per heavy atom. The molecule has 2 heterocycles. The SMILES string of the molecule is CC1CC2(n3ccc(=O)[nH]c3=O)CC1CO2. The average molecular weight is 222 g/mol. The monoisotopic (exact) mass is 222 g/mol. The zero-order valence-corrected chi connectivity index (χ0v) is 9.10. The minimum absolute atomic E-state index is 0.363. The van der Waals surface area contributed by atoms with Gasteiger partial charge in [-0.05, 0) is 18.3 Å². The van der Waals surface area contributed by atoms with E-state index in [4.69, 9.17) is 4.74 Å². The van der Waals surface area contributed by atoms with Gasteiger partial charge < -0.3 is 4.74 Å². The average Bonchev–Trinajstić information content (AvgIpc) is 2.74. The molecular formula is C11H14N2O3. The topological polar surface area (TPSA) is 64.1 Å². The van der Waals surface area contributed by atoms with E-state index in [1.54, 1.807) is 6.20 Å². The zero-order chi connectivity index (χ0) is 11.3. The van der Waals surface area contributed by atoms with E-state index in [0.717, 1.165) is 12.8 Å². The molecule has 5 nitrogen and oxygen atoms in total. The predicted molar refractivity (Wildman–Crippen MR) is 57.1 cm³/mol. The van der Waals surface area contributed by atoms with Crippen LogP contribution in [-0.4, -0.2) is 16.2 Å². The second kappa shape index (κ2) is 3.07. The normalized spacial score (nSPS) is 36.8. The van der Waals surface area contributed by atoms with Gasteiger partial charge in [-0.25, -0.2) is 4.79 Å². The van der Waals surface area contributed by atoms with Crippen LogP contribution < -0.4 is 11.2 Å². The molecule has 16 heavy (non-hydrogen) atoms. The molecule has 1 saturated carbocycles. The van der Waals surface area contributed by atoms with Gasteiger partial charge in [0.05, 0.1) is 6.61 Å². The Morgan fingerprint density at radius 3 is 2.88 bits per heavy atom. The fourth-order valence-corrected chi connectivity index (χ4v) is 2.97. The molecule has 1 N–H and O–H groups in total. The molecule has 86 valence electrons. The van der Waals surface area contributed by atoms with E-state index in [1.807, 2.05) is 0 Å². The summed E-state index contributed by atoms with van der Waals surface area (Å²) in [4.78, 5) is 25.0. The van der Waals surface area contributed by atoms with Crippen LogP contribution in [0.15, 0.2) is 21.9 Å². The number of H-pyrrole nitrogens is 1. The highest BCUT2D eigenvalue weighted by Gasteiger charge is 2.52. The van der Waals surface area contributed by atoms with Gasteiger partial charge in [0.2, 0.25) is 0 Å². The van der Waals surface area contributed by atoms with Crippen molar-refractivity contribution >= 4 is 0 Å². The summed E-state index contributed by atoms with van der Waals surface area (Å²) in [5.41, 5.74) is -1.24. The Morgan fingerprint density at radius 1 is 1.50 bits per heavy atom. The van der Waals surface area contributed by atoms with Gasteiger partial charge in [0.15, 0.2) is 0 Å². The first-order valence-corrected chi connectivity index (χ1v) is 5.57. The Hall–Kier alpha value is -1.36. The van der Waals surface area contributed by atoms with Crippen LogP contribution in [0.5, 0.6) is 0 Å². The van der Waals surface area contributed by atoms with Crippen LogP contribution in [0.2, 0.25) is 0 Å². The molecule has 2 bridgehead atoms. The number of nitrogens with zero attached hydrogens (tertiary/aromatic N) is 1. The van der Waals surface area contributed by atoms with Crippen LogP contribution in [-0.2, 0) is 10.5 Å². The number of hydrogen-bond acceptors (Lipinski definition) is 3. The Labute approximate surface area is 92.1 Å². The Balaban J connectivity index is 2.10. The van der Waals surface area contributed by atoms with Crippen molar-refractivity contribution in [3.05, 3.63) is 33.1 Å². The molecule has 1 aromatic heterocycles. The van der Waals surface area contributed by atoms with Crippen LogP contribution in [0.25, 0.3) is 0 Å². The van der Waals surface area contributed by atoms with Gasteiger partial charge in [0.25, 0.3) is 5.56 Å². The molecule has 0 radical (unpaired) electrons. The van der Waals surface area contributed by atoms with Crippen molar-refractivity contribution in [1.29, 1.82) is 0 Å². The van der Waals surface area contributed by atoms with E-state index in [-0.39, 0.29) is 11.2 Å². The molecule has 3 unspecified atom stereocenters. The maximum Gasteiger partial charge on any atom is 0.330 e. The second-order valence-electron chi connectivity index (χ2n) is 4.88. The van der Waals surface area contributed by atoms with Crippen molar-refractivity contribution in [3.8, 4) is 0 Å². The lowest BCUT2D eigenvalue weighted by atomic mass is 9.99. The Kier molecular flexibility index (Phi) is 1.89. The first-order valence-electron chi connectivity index (χ1n) is 5.57. The third kappa shape index (κ3) is 1.21. The fourth-order valence-electron chi connectivity index (χ4n) is 2.97. The van der Waals surface area contributed by atoms with E-state index in [9.17, 15) is 9.59 Å². The summed E-state index contributed by atoms with van der Waals surface area (Å²) in [6.45, 7) is 2.90. The van der Waals surface area contributed by atoms with E-state index in [2.05, 4.69) is 11.9 Å². The van der Waals surface area contributed by atoms with Crippen molar-refractivity contribution in [3.63, 3.8) is 0 Å². The molecular weight excluding hydrogens is 208 g/mol. The van der Waals surface area contributed by atoms with E-state index < -0.39 is 5.72 Å². The molecule has 2 fully saturated rings. The number of rotatable bonds is 1. The number of aromatic nitrogens is 2. The third-order valence-electron chi connectivity index (χ3n) is 3.86. The number of ether oxygens (including phenoxy) is 1. The highest BCUT2D eigenvalue weighted by atomic mass is 16.5. The van der Waals surface area contributed by atoms with Crippen molar-refractivity contribution in [1.82, 2.24) is 9.55 Å². The number of hydrogen-bond donors (Lipinski definition) is 1. The summed E-state index contributed by atoms with van der Waals surface area (Å²) in [5, 5.41) is 0. The molecule has 1 aliphatic heterocycles. The lowest BCUT2D eigenvalue weighted by Crippen LogP contribution is -2.43. The van der Waals surface area contributed by atoms with E-state index >= 15 is 0 Å². The maximum atomic E-state index is 11.7. The molecule has 0 amide bonds. The third-order valence-corrected chi connectivity index (χ3v) is 3.86. The molecule has 3 rings (SSSR count). The molecule has 1 aliphatic carbocycles. The lowest BCUT2D eigenvalue weighted by Gasteiger charge is -2.30. The van der Waals surface area contributed by atoms with Crippen LogP contribution in [0.3, 0.4) is 0 Å². The quantitative estimate of drug-likeness (QED) is 0.741. The van der Waals surface area contributed by atoms with Crippen molar-refractivity contribution in [2.45, 2.75) is 25.5 Å². The first-order chi connectivity index (χ1) is 7.61. The molecule has 0 spiro atoms. The second-order valence-corrected chi connectivity index (χ2v) is 4.88. The highest BCUT2D eigenvalue weighted by Crippen LogP contribution is 2.50. The minimum atomic E-state index is -0.509. The molecule has 0 aromatic carbocycles. The maximum absolute atomic E-state index is 11.7. The summed E-state index contributed by atoms with van der Waals surface area (Å²) < 4.78 is 7.30. The summed E-state index contributed by atoms with van der Waals surface area (Å²) in [5.74, 6) is 1.12. The largest absolute Gasteiger partial charge is 0.355 e. The zero-order valence-electron chi connectivity index (χ0n) is 9.10. The smallest absolute Gasteiger partial charge is 0.330 e.